The van der Waals surface area contributed by atoms with Crippen LogP contribution in [0.4, 0.5) is 5.69 Å². The molecule has 0 saturated carbocycles. The third-order valence-electron chi connectivity index (χ3n) is 5.96. The molecule has 0 unspecified atom stereocenters. The van der Waals surface area contributed by atoms with Gasteiger partial charge in [0.25, 0.3) is 0 Å². The molecule has 6 nitrogen and oxygen atoms in total. The van der Waals surface area contributed by atoms with E-state index in [1.807, 2.05) is 0 Å². The van der Waals surface area contributed by atoms with Crippen molar-refractivity contribution in [3.05, 3.63) is 59.2 Å². The van der Waals surface area contributed by atoms with E-state index in [1.165, 1.54) is 16.4 Å². The predicted molar refractivity (Wildman–Crippen MR) is 160 cm³/mol. The van der Waals surface area contributed by atoms with E-state index in [0.717, 1.165) is 71.0 Å². The lowest BCUT2D eigenvalue weighted by atomic mass is 10.2. The first kappa shape index (κ1) is 22.0. The van der Waals surface area contributed by atoms with Crippen molar-refractivity contribution in [2.75, 3.05) is 31.1 Å². The molecular weight excluding hydrogens is 753 g/mol. The number of aromatic nitrogens is 4. The van der Waals surface area contributed by atoms with Crippen molar-refractivity contribution in [3.8, 4) is 22.8 Å². The van der Waals surface area contributed by atoms with E-state index in [-0.39, 0.29) is 0 Å². The van der Waals surface area contributed by atoms with Crippen LogP contribution in [0.25, 0.3) is 44.8 Å². The SMILES string of the molecule is Ic1cc(-c2nc3ccc(-c4nc5ccc(N6CCNCC6)cc5[nH]4)cc3[nH]2)cc(I)c1I. The molecule has 6 rings (SSSR count). The summed E-state index contributed by atoms with van der Waals surface area (Å²) in [5, 5.41) is 3.41. The number of anilines is 1. The van der Waals surface area contributed by atoms with Crippen LogP contribution in [0.3, 0.4) is 0 Å². The van der Waals surface area contributed by atoms with Crippen molar-refractivity contribution in [1.29, 1.82) is 0 Å². The molecule has 0 radical (unpaired) electrons. The predicted octanol–water partition coefficient (Wildman–Crippen LogP) is 6.00. The summed E-state index contributed by atoms with van der Waals surface area (Å²) in [6.45, 7) is 4.12. The number of piperazine rings is 1. The second kappa shape index (κ2) is 8.96. The molecule has 1 saturated heterocycles. The van der Waals surface area contributed by atoms with Gasteiger partial charge in [-0.25, -0.2) is 9.97 Å². The molecular formula is C24H19I3N6. The maximum atomic E-state index is 4.85. The number of H-pyrrole nitrogens is 2. The summed E-state index contributed by atoms with van der Waals surface area (Å²) in [6.07, 6.45) is 0. The Hall–Kier alpha value is -1.45. The standard InChI is InChI=1S/C24H19I3N6/c25-16-9-14(10-17(26)22(16)27)24-30-18-3-1-13(11-20(18)31-24)23-29-19-4-2-15(12-21(19)32-23)33-7-5-28-6-8-33/h1-4,9-12,28H,5-8H2,(H,29,32)(H,30,31). The number of nitrogens with one attached hydrogen (secondary N) is 3. The van der Waals surface area contributed by atoms with Crippen molar-refractivity contribution >= 4 is 95.5 Å². The molecule has 0 spiro atoms. The van der Waals surface area contributed by atoms with Crippen LogP contribution in [0, 0.1) is 10.7 Å². The first-order valence-corrected chi connectivity index (χ1v) is 13.9. The maximum Gasteiger partial charge on any atom is 0.138 e. The topological polar surface area (TPSA) is 72.6 Å². The minimum Gasteiger partial charge on any atom is -0.369 e. The fourth-order valence-corrected chi connectivity index (χ4v) is 6.32. The normalized spacial score (nSPS) is 14.5. The molecule has 0 amide bonds. The number of halogens is 3. The molecule has 166 valence electrons. The van der Waals surface area contributed by atoms with Gasteiger partial charge in [0.05, 0.1) is 22.1 Å². The van der Waals surface area contributed by atoms with E-state index in [1.54, 1.807) is 0 Å². The quantitative estimate of drug-likeness (QED) is 0.156. The van der Waals surface area contributed by atoms with E-state index in [2.05, 4.69) is 136 Å². The minimum absolute atomic E-state index is 0.874. The Kier molecular flexibility index (Phi) is 5.99. The second-order valence-corrected chi connectivity index (χ2v) is 11.5. The lowest BCUT2D eigenvalue weighted by Crippen LogP contribution is -2.43. The average molecular weight is 772 g/mol. The summed E-state index contributed by atoms with van der Waals surface area (Å²) in [5.74, 6) is 1.76. The van der Waals surface area contributed by atoms with Gasteiger partial charge in [-0.2, -0.15) is 0 Å². The third-order valence-corrected chi connectivity index (χ3v) is 10.9. The molecule has 3 heterocycles. The molecule has 1 aliphatic heterocycles. The van der Waals surface area contributed by atoms with Crippen LogP contribution < -0.4 is 10.2 Å². The van der Waals surface area contributed by atoms with Crippen molar-refractivity contribution in [3.63, 3.8) is 0 Å². The Morgan fingerprint density at radius 3 is 2.00 bits per heavy atom. The van der Waals surface area contributed by atoms with Gasteiger partial charge in [0.2, 0.25) is 0 Å². The van der Waals surface area contributed by atoms with Crippen molar-refractivity contribution < 1.29 is 0 Å². The second-order valence-electron chi connectivity index (χ2n) is 8.10. The highest BCUT2D eigenvalue weighted by Crippen LogP contribution is 2.30. The lowest BCUT2D eigenvalue weighted by molar-refractivity contribution is 0.589. The van der Waals surface area contributed by atoms with Crippen LogP contribution in [0.1, 0.15) is 0 Å². The van der Waals surface area contributed by atoms with Crippen LogP contribution in [0.5, 0.6) is 0 Å². The molecule has 33 heavy (non-hydrogen) atoms. The molecule has 0 atom stereocenters. The zero-order chi connectivity index (χ0) is 22.5. The summed E-state index contributed by atoms with van der Waals surface area (Å²) in [4.78, 5) is 19.1. The number of hydrogen-bond donors (Lipinski definition) is 3. The van der Waals surface area contributed by atoms with Crippen molar-refractivity contribution in [2.24, 2.45) is 0 Å². The molecule has 3 aromatic carbocycles. The van der Waals surface area contributed by atoms with Gasteiger partial charge < -0.3 is 20.2 Å². The van der Waals surface area contributed by atoms with E-state index in [4.69, 9.17) is 9.97 Å². The lowest BCUT2D eigenvalue weighted by Gasteiger charge is -2.29. The first-order chi connectivity index (χ1) is 16.0. The number of hydrogen-bond acceptors (Lipinski definition) is 4. The Morgan fingerprint density at radius 1 is 0.697 bits per heavy atom. The number of imidazole rings is 2. The Balaban J connectivity index is 1.35. The Labute approximate surface area is 231 Å². The number of aromatic amines is 2. The van der Waals surface area contributed by atoms with Gasteiger partial charge in [-0.1, -0.05) is 0 Å². The summed E-state index contributed by atoms with van der Waals surface area (Å²) in [5.41, 5.74) is 7.40. The highest BCUT2D eigenvalue weighted by atomic mass is 127. The molecule has 5 aromatic rings. The van der Waals surface area contributed by atoms with Gasteiger partial charge in [-0.05, 0) is 116 Å². The summed E-state index contributed by atoms with van der Waals surface area (Å²) < 4.78 is 3.75. The fraction of sp³-hybridized carbons (Fsp3) is 0.167. The molecule has 1 fully saturated rings. The molecule has 2 aromatic heterocycles. The highest BCUT2D eigenvalue weighted by molar-refractivity contribution is 14.1. The molecule has 9 heteroatoms. The Bertz CT molecular complexity index is 1480. The van der Waals surface area contributed by atoms with E-state index in [0.29, 0.717) is 0 Å². The van der Waals surface area contributed by atoms with Crippen LogP contribution >= 0.6 is 67.8 Å². The van der Waals surface area contributed by atoms with Gasteiger partial charge in [0.1, 0.15) is 11.6 Å². The van der Waals surface area contributed by atoms with E-state index >= 15 is 0 Å². The molecule has 0 bridgehead atoms. The van der Waals surface area contributed by atoms with Crippen molar-refractivity contribution in [1.82, 2.24) is 25.3 Å². The number of fused-ring (bicyclic) bond motifs is 2. The zero-order valence-electron chi connectivity index (χ0n) is 17.4. The summed E-state index contributed by atoms with van der Waals surface area (Å²) in [7, 11) is 0. The van der Waals surface area contributed by atoms with Gasteiger partial charge in [-0.15, -0.1) is 0 Å². The number of nitrogens with zero attached hydrogens (tertiary/aromatic N) is 3. The van der Waals surface area contributed by atoms with E-state index in [9.17, 15) is 0 Å². The largest absolute Gasteiger partial charge is 0.369 e. The summed E-state index contributed by atoms with van der Waals surface area (Å²) in [6, 6.07) is 17.1. The van der Waals surface area contributed by atoms with Gasteiger partial charge in [0, 0.05) is 53.7 Å². The fourth-order valence-electron chi connectivity index (χ4n) is 4.24. The Morgan fingerprint density at radius 2 is 1.30 bits per heavy atom. The van der Waals surface area contributed by atoms with Crippen LogP contribution in [0.2, 0.25) is 0 Å². The van der Waals surface area contributed by atoms with Crippen LogP contribution in [-0.2, 0) is 0 Å². The van der Waals surface area contributed by atoms with Crippen LogP contribution in [-0.4, -0.2) is 46.1 Å². The molecule has 1 aliphatic rings. The monoisotopic (exact) mass is 772 g/mol. The zero-order valence-corrected chi connectivity index (χ0v) is 23.9. The number of benzene rings is 3. The van der Waals surface area contributed by atoms with Gasteiger partial charge in [-0.3, -0.25) is 0 Å². The van der Waals surface area contributed by atoms with Crippen molar-refractivity contribution in [2.45, 2.75) is 0 Å². The van der Waals surface area contributed by atoms with E-state index < -0.39 is 0 Å². The highest BCUT2D eigenvalue weighted by Gasteiger charge is 2.14. The maximum absolute atomic E-state index is 4.85. The average Bonchev–Trinajstić information content (AvgIpc) is 3.46. The summed E-state index contributed by atoms with van der Waals surface area (Å²) >= 11 is 7.16. The minimum atomic E-state index is 0.874. The van der Waals surface area contributed by atoms with Gasteiger partial charge in [0.15, 0.2) is 0 Å². The molecule has 0 aliphatic carbocycles. The molecule has 3 N–H and O–H groups in total. The first-order valence-electron chi connectivity index (χ1n) is 10.7. The number of rotatable bonds is 3. The van der Waals surface area contributed by atoms with Gasteiger partial charge >= 0.3 is 0 Å². The third kappa shape index (κ3) is 4.25. The smallest absolute Gasteiger partial charge is 0.138 e. The van der Waals surface area contributed by atoms with Crippen LogP contribution in [0.15, 0.2) is 48.5 Å².